The number of hydrogen-bond acceptors (Lipinski definition) is 3. The summed E-state index contributed by atoms with van der Waals surface area (Å²) in [6.07, 6.45) is 15.4. The third-order valence-corrected chi connectivity index (χ3v) is 6.17. The second kappa shape index (κ2) is 10.2. The summed E-state index contributed by atoms with van der Waals surface area (Å²) in [5.41, 5.74) is -0.266. The van der Waals surface area contributed by atoms with Gasteiger partial charge in [-0.3, -0.25) is 9.59 Å². The van der Waals surface area contributed by atoms with E-state index in [0.717, 1.165) is 51.4 Å². The molecule has 2 rings (SSSR count). The van der Waals surface area contributed by atoms with E-state index >= 15 is 0 Å². The van der Waals surface area contributed by atoms with Gasteiger partial charge in [0.15, 0.2) is 0 Å². The summed E-state index contributed by atoms with van der Waals surface area (Å²) in [5, 5.41) is 9.24. The second-order valence-corrected chi connectivity index (χ2v) is 8.23. The number of carboxylic acid groups (broad SMARTS) is 1. The molecule has 144 valence electrons. The molecule has 2 saturated carbocycles. The molecule has 2 fully saturated rings. The fourth-order valence-corrected chi connectivity index (χ4v) is 4.57. The topological polar surface area (TPSA) is 63.6 Å². The van der Waals surface area contributed by atoms with Crippen LogP contribution in [0.3, 0.4) is 0 Å². The van der Waals surface area contributed by atoms with Crippen LogP contribution in [0, 0.1) is 11.8 Å². The average molecular weight is 353 g/mol. The molecule has 0 radical (unpaired) electrons. The molecule has 0 bridgehead atoms. The largest absolute Gasteiger partial charge is 0.481 e. The molecule has 2 atom stereocenters. The van der Waals surface area contributed by atoms with Crippen molar-refractivity contribution in [3.63, 3.8) is 0 Å². The highest BCUT2D eigenvalue weighted by Crippen LogP contribution is 2.38. The van der Waals surface area contributed by atoms with E-state index in [2.05, 4.69) is 6.92 Å². The van der Waals surface area contributed by atoms with Crippen LogP contribution in [0.5, 0.6) is 0 Å². The highest BCUT2D eigenvalue weighted by Gasteiger charge is 2.39. The van der Waals surface area contributed by atoms with Gasteiger partial charge < -0.3 is 9.84 Å². The fraction of sp³-hybridized carbons (Fsp3) is 0.905. The van der Waals surface area contributed by atoms with Gasteiger partial charge in [0.1, 0.15) is 5.60 Å². The number of carbonyl (C=O) groups excluding carboxylic acids is 1. The normalized spacial score (nSPS) is 26.1. The standard InChI is InChI=1S/C21H36O4/c1-2-3-4-5-7-13-21(14-8-6-9-15-21)25-20(24)18-12-10-11-17(16-18)19(22)23/h17-18H,2-16H2,1H3,(H,22,23). The molecular formula is C21H36O4. The first-order chi connectivity index (χ1) is 12.1. The number of unbranched alkanes of at least 4 members (excludes halogenated alkanes) is 4. The van der Waals surface area contributed by atoms with Crippen molar-refractivity contribution >= 4 is 11.9 Å². The Hall–Kier alpha value is -1.06. The van der Waals surface area contributed by atoms with Crippen molar-refractivity contribution in [2.24, 2.45) is 11.8 Å². The zero-order chi connectivity index (χ0) is 18.1. The van der Waals surface area contributed by atoms with Gasteiger partial charge in [-0.2, -0.15) is 0 Å². The molecular weight excluding hydrogens is 316 g/mol. The predicted molar refractivity (Wildman–Crippen MR) is 98.4 cm³/mol. The number of esters is 1. The Bertz CT molecular complexity index is 426. The van der Waals surface area contributed by atoms with Crippen LogP contribution in [0.4, 0.5) is 0 Å². The summed E-state index contributed by atoms with van der Waals surface area (Å²) in [4.78, 5) is 24.0. The van der Waals surface area contributed by atoms with E-state index in [1.807, 2.05) is 0 Å². The summed E-state index contributed by atoms with van der Waals surface area (Å²) in [6.45, 7) is 2.22. The Morgan fingerprint density at radius 2 is 1.64 bits per heavy atom. The van der Waals surface area contributed by atoms with Crippen LogP contribution in [0.15, 0.2) is 0 Å². The van der Waals surface area contributed by atoms with Crippen LogP contribution in [0.2, 0.25) is 0 Å². The first-order valence-electron chi connectivity index (χ1n) is 10.5. The number of rotatable bonds is 9. The van der Waals surface area contributed by atoms with Crippen molar-refractivity contribution in [3.05, 3.63) is 0 Å². The lowest BCUT2D eigenvalue weighted by molar-refractivity contribution is -0.172. The van der Waals surface area contributed by atoms with Crippen LogP contribution in [-0.2, 0) is 14.3 Å². The first-order valence-corrected chi connectivity index (χ1v) is 10.5. The zero-order valence-corrected chi connectivity index (χ0v) is 15.9. The van der Waals surface area contributed by atoms with E-state index in [9.17, 15) is 14.7 Å². The van der Waals surface area contributed by atoms with Crippen LogP contribution >= 0.6 is 0 Å². The summed E-state index contributed by atoms with van der Waals surface area (Å²) < 4.78 is 6.12. The average Bonchev–Trinajstić information content (AvgIpc) is 2.62. The third kappa shape index (κ3) is 6.31. The van der Waals surface area contributed by atoms with Crippen LogP contribution in [-0.4, -0.2) is 22.6 Å². The number of hydrogen-bond donors (Lipinski definition) is 1. The van der Waals surface area contributed by atoms with Gasteiger partial charge in [0.05, 0.1) is 11.8 Å². The molecule has 0 aromatic carbocycles. The molecule has 4 heteroatoms. The molecule has 0 spiro atoms. The van der Waals surface area contributed by atoms with Crippen molar-refractivity contribution in [2.45, 2.75) is 109 Å². The highest BCUT2D eigenvalue weighted by molar-refractivity contribution is 5.76. The monoisotopic (exact) mass is 352 g/mol. The van der Waals surface area contributed by atoms with E-state index in [0.29, 0.717) is 12.8 Å². The molecule has 0 aromatic heterocycles. The number of ether oxygens (including phenoxy) is 1. The Balaban J connectivity index is 1.89. The van der Waals surface area contributed by atoms with Gasteiger partial charge in [0.25, 0.3) is 0 Å². The quantitative estimate of drug-likeness (QED) is 0.440. The summed E-state index contributed by atoms with van der Waals surface area (Å²) >= 11 is 0. The van der Waals surface area contributed by atoms with Gasteiger partial charge in [-0.05, 0) is 57.8 Å². The minimum atomic E-state index is -0.763. The molecule has 0 heterocycles. The zero-order valence-electron chi connectivity index (χ0n) is 15.9. The lowest BCUT2D eigenvalue weighted by Crippen LogP contribution is -2.40. The second-order valence-electron chi connectivity index (χ2n) is 8.23. The van der Waals surface area contributed by atoms with Crippen molar-refractivity contribution in [1.82, 2.24) is 0 Å². The Labute approximate surface area is 152 Å². The SMILES string of the molecule is CCCCCCCC1(OC(=O)C2CCCC(C(=O)O)C2)CCCCC1. The van der Waals surface area contributed by atoms with Gasteiger partial charge in [-0.25, -0.2) is 0 Å². The maximum absolute atomic E-state index is 12.8. The lowest BCUT2D eigenvalue weighted by Gasteiger charge is -2.39. The summed E-state index contributed by atoms with van der Waals surface area (Å²) in [7, 11) is 0. The van der Waals surface area contributed by atoms with E-state index in [-0.39, 0.29) is 23.4 Å². The van der Waals surface area contributed by atoms with E-state index in [1.165, 1.54) is 32.1 Å². The maximum atomic E-state index is 12.8. The van der Waals surface area contributed by atoms with Gasteiger partial charge in [0, 0.05) is 0 Å². The molecule has 0 saturated heterocycles. The van der Waals surface area contributed by atoms with Gasteiger partial charge in [0.2, 0.25) is 0 Å². The molecule has 1 N–H and O–H groups in total. The van der Waals surface area contributed by atoms with Crippen LogP contribution < -0.4 is 0 Å². The molecule has 2 unspecified atom stereocenters. The first kappa shape index (κ1) is 20.3. The van der Waals surface area contributed by atoms with Gasteiger partial charge in [-0.15, -0.1) is 0 Å². The predicted octanol–water partition coefficient (Wildman–Crippen LogP) is 5.48. The number of carboxylic acids is 1. The fourth-order valence-electron chi connectivity index (χ4n) is 4.57. The Morgan fingerprint density at radius 3 is 2.32 bits per heavy atom. The molecule has 25 heavy (non-hydrogen) atoms. The molecule has 0 aromatic rings. The molecule has 0 amide bonds. The third-order valence-electron chi connectivity index (χ3n) is 6.17. The van der Waals surface area contributed by atoms with Gasteiger partial charge >= 0.3 is 11.9 Å². The minimum absolute atomic E-state index is 0.124. The summed E-state index contributed by atoms with van der Waals surface area (Å²) in [5.74, 6) is -1.47. The molecule has 2 aliphatic carbocycles. The van der Waals surface area contributed by atoms with E-state index in [4.69, 9.17) is 4.74 Å². The van der Waals surface area contributed by atoms with Crippen molar-refractivity contribution in [3.8, 4) is 0 Å². The van der Waals surface area contributed by atoms with Gasteiger partial charge in [-0.1, -0.05) is 45.4 Å². The lowest BCUT2D eigenvalue weighted by atomic mass is 9.79. The molecule has 4 nitrogen and oxygen atoms in total. The van der Waals surface area contributed by atoms with Crippen LogP contribution in [0.25, 0.3) is 0 Å². The molecule has 0 aliphatic heterocycles. The van der Waals surface area contributed by atoms with E-state index in [1.54, 1.807) is 0 Å². The summed E-state index contributed by atoms with van der Waals surface area (Å²) in [6, 6.07) is 0. The van der Waals surface area contributed by atoms with Crippen molar-refractivity contribution in [1.29, 1.82) is 0 Å². The Morgan fingerprint density at radius 1 is 0.960 bits per heavy atom. The van der Waals surface area contributed by atoms with Crippen molar-refractivity contribution < 1.29 is 19.4 Å². The van der Waals surface area contributed by atoms with Crippen molar-refractivity contribution in [2.75, 3.05) is 0 Å². The smallest absolute Gasteiger partial charge is 0.309 e. The highest BCUT2D eigenvalue weighted by atomic mass is 16.6. The number of carbonyl (C=O) groups is 2. The Kier molecular flexibility index (Phi) is 8.25. The number of aliphatic carboxylic acids is 1. The molecule has 2 aliphatic rings. The maximum Gasteiger partial charge on any atom is 0.309 e. The van der Waals surface area contributed by atoms with Crippen LogP contribution in [0.1, 0.15) is 103 Å². The minimum Gasteiger partial charge on any atom is -0.481 e. The van der Waals surface area contributed by atoms with E-state index < -0.39 is 5.97 Å².